The molecule has 0 radical (unpaired) electrons. The van der Waals surface area contributed by atoms with Crippen molar-refractivity contribution in [2.45, 2.75) is 46.2 Å². The van der Waals surface area contributed by atoms with E-state index < -0.39 is 0 Å². The first kappa shape index (κ1) is 14.8. The maximum Gasteiger partial charge on any atom is 0.0863 e. The molecule has 5 heteroatoms. The van der Waals surface area contributed by atoms with Gasteiger partial charge in [-0.2, -0.15) is 5.10 Å². The Morgan fingerprint density at radius 3 is 2.63 bits per heavy atom. The van der Waals surface area contributed by atoms with Crippen LogP contribution in [0.1, 0.15) is 38.1 Å². The molecule has 1 aliphatic heterocycles. The second kappa shape index (κ2) is 7.27. The van der Waals surface area contributed by atoms with Crippen LogP contribution in [0.25, 0.3) is 0 Å². The Bertz CT molecular complexity index is 396. The number of hydrogen-bond donors (Lipinski definition) is 1. The number of rotatable bonds is 7. The van der Waals surface area contributed by atoms with E-state index in [1.54, 1.807) is 0 Å². The molecule has 2 rings (SSSR count). The predicted octanol–water partition coefficient (Wildman–Crippen LogP) is 2.30. The normalized spacial score (nSPS) is 16.4. The lowest BCUT2D eigenvalue weighted by Crippen LogP contribution is -2.30. The summed E-state index contributed by atoms with van der Waals surface area (Å²) in [5.74, 6) is 0. The quantitative estimate of drug-likeness (QED) is 0.780. The van der Waals surface area contributed by atoms with Crippen LogP contribution in [0.2, 0.25) is 5.02 Å². The molecule has 0 saturated carbocycles. The molecule has 1 aromatic heterocycles. The fourth-order valence-corrected chi connectivity index (χ4v) is 2.97. The summed E-state index contributed by atoms with van der Waals surface area (Å²) < 4.78 is 2.02. The van der Waals surface area contributed by atoms with Gasteiger partial charge in [0.2, 0.25) is 0 Å². The lowest BCUT2D eigenvalue weighted by atomic mass is 10.3. The molecule has 0 spiro atoms. The third-order valence-electron chi connectivity index (χ3n) is 3.79. The molecule has 1 saturated heterocycles. The number of aryl methyl sites for hydroxylation is 2. The summed E-state index contributed by atoms with van der Waals surface area (Å²) in [5, 5.41) is 8.88. The first-order valence-electron chi connectivity index (χ1n) is 7.43. The second-order valence-corrected chi connectivity index (χ2v) is 5.48. The molecule has 19 heavy (non-hydrogen) atoms. The zero-order chi connectivity index (χ0) is 13.7. The van der Waals surface area contributed by atoms with Crippen LogP contribution < -0.4 is 5.32 Å². The Labute approximate surface area is 121 Å². The van der Waals surface area contributed by atoms with Gasteiger partial charge in [0.25, 0.3) is 0 Å². The number of hydrogen-bond acceptors (Lipinski definition) is 3. The van der Waals surface area contributed by atoms with E-state index in [4.69, 9.17) is 11.6 Å². The molecule has 0 unspecified atom stereocenters. The maximum atomic E-state index is 6.38. The van der Waals surface area contributed by atoms with Crippen LogP contribution in [0.4, 0.5) is 0 Å². The Morgan fingerprint density at radius 2 is 2.00 bits per heavy atom. The molecule has 1 aromatic rings. The summed E-state index contributed by atoms with van der Waals surface area (Å²) >= 11 is 6.38. The molecular formula is C14H25ClN4. The second-order valence-electron chi connectivity index (χ2n) is 5.10. The highest BCUT2D eigenvalue weighted by atomic mass is 35.5. The number of nitrogens with zero attached hydrogens (tertiary/aromatic N) is 3. The number of likely N-dealkylation sites (tertiary alicyclic amines) is 1. The van der Waals surface area contributed by atoms with E-state index in [9.17, 15) is 0 Å². The molecule has 2 heterocycles. The number of nitrogens with one attached hydrogen (secondary N) is 1. The van der Waals surface area contributed by atoms with Gasteiger partial charge in [-0.15, -0.1) is 0 Å². The molecule has 0 aliphatic carbocycles. The predicted molar refractivity (Wildman–Crippen MR) is 79.7 cm³/mol. The summed E-state index contributed by atoms with van der Waals surface area (Å²) in [7, 11) is 0. The fraction of sp³-hybridized carbons (Fsp3) is 0.786. The van der Waals surface area contributed by atoms with Gasteiger partial charge >= 0.3 is 0 Å². The highest BCUT2D eigenvalue weighted by molar-refractivity contribution is 6.31. The summed E-state index contributed by atoms with van der Waals surface area (Å²) in [4.78, 5) is 2.52. The molecule has 0 bridgehead atoms. The van der Waals surface area contributed by atoms with Crippen molar-refractivity contribution in [1.29, 1.82) is 0 Å². The summed E-state index contributed by atoms with van der Waals surface area (Å²) in [6, 6.07) is 0. The minimum absolute atomic E-state index is 0.813. The Kier molecular flexibility index (Phi) is 5.67. The Hall–Kier alpha value is -0.580. The van der Waals surface area contributed by atoms with Crippen LogP contribution in [0.3, 0.4) is 0 Å². The Balaban J connectivity index is 1.82. The highest BCUT2D eigenvalue weighted by Crippen LogP contribution is 2.21. The largest absolute Gasteiger partial charge is 0.310 e. The average Bonchev–Trinajstić information content (AvgIpc) is 3.03. The van der Waals surface area contributed by atoms with E-state index in [0.717, 1.165) is 49.0 Å². The van der Waals surface area contributed by atoms with Crippen molar-refractivity contribution in [2.24, 2.45) is 0 Å². The monoisotopic (exact) mass is 284 g/mol. The number of aromatic nitrogens is 2. The molecule has 0 aromatic carbocycles. The van der Waals surface area contributed by atoms with Crippen molar-refractivity contribution in [3.8, 4) is 0 Å². The first-order chi connectivity index (χ1) is 9.26. The van der Waals surface area contributed by atoms with Crippen molar-refractivity contribution >= 4 is 11.6 Å². The molecule has 0 atom stereocenters. The van der Waals surface area contributed by atoms with Gasteiger partial charge in [0.05, 0.1) is 16.4 Å². The van der Waals surface area contributed by atoms with E-state index in [1.165, 1.54) is 25.9 Å². The SMILES string of the molecule is CCc1nn(CC)c(CNCCN2CCCC2)c1Cl. The van der Waals surface area contributed by atoms with Gasteiger partial charge in [0.15, 0.2) is 0 Å². The minimum Gasteiger partial charge on any atom is -0.310 e. The van der Waals surface area contributed by atoms with Crippen molar-refractivity contribution in [1.82, 2.24) is 20.0 Å². The van der Waals surface area contributed by atoms with E-state index in [0.29, 0.717) is 0 Å². The molecule has 0 amide bonds. The maximum absolute atomic E-state index is 6.38. The summed E-state index contributed by atoms with van der Waals surface area (Å²) in [6.07, 6.45) is 3.61. The molecular weight excluding hydrogens is 260 g/mol. The van der Waals surface area contributed by atoms with E-state index in [2.05, 4.69) is 29.2 Å². The third kappa shape index (κ3) is 3.71. The molecule has 1 N–H and O–H groups in total. The smallest absolute Gasteiger partial charge is 0.0863 e. The van der Waals surface area contributed by atoms with E-state index in [-0.39, 0.29) is 0 Å². The Morgan fingerprint density at radius 1 is 1.26 bits per heavy atom. The van der Waals surface area contributed by atoms with Gasteiger partial charge in [-0.3, -0.25) is 4.68 Å². The summed E-state index contributed by atoms with van der Waals surface area (Å²) in [5.41, 5.74) is 2.14. The zero-order valence-corrected chi connectivity index (χ0v) is 12.8. The average molecular weight is 285 g/mol. The fourth-order valence-electron chi connectivity index (χ4n) is 2.64. The lowest BCUT2D eigenvalue weighted by Gasteiger charge is -2.15. The van der Waals surface area contributed by atoms with Crippen molar-refractivity contribution < 1.29 is 0 Å². The van der Waals surface area contributed by atoms with Crippen LogP contribution in [0, 0.1) is 0 Å². The first-order valence-corrected chi connectivity index (χ1v) is 7.81. The van der Waals surface area contributed by atoms with Crippen molar-refractivity contribution in [3.05, 3.63) is 16.4 Å². The lowest BCUT2D eigenvalue weighted by molar-refractivity contribution is 0.335. The van der Waals surface area contributed by atoms with Gasteiger partial charge in [-0.05, 0) is 39.3 Å². The van der Waals surface area contributed by atoms with Crippen LogP contribution in [-0.4, -0.2) is 40.9 Å². The summed E-state index contributed by atoms with van der Waals surface area (Å²) in [6.45, 7) is 10.6. The molecule has 108 valence electrons. The van der Waals surface area contributed by atoms with Crippen LogP contribution >= 0.6 is 11.6 Å². The highest BCUT2D eigenvalue weighted by Gasteiger charge is 2.14. The molecule has 4 nitrogen and oxygen atoms in total. The molecule has 1 aliphatic rings. The third-order valence-corrected chi connectivity index (χ3v) is 4.23. The standard InChI is InChI=1S/C14H25ClN4/c1-3-12-14(15)13(19(4-2)17-12)11-16-7-10-18-8-5-6-9-18/h16H,3-11H2,1-2H3. The van der Waals surface area contributed by atoms with Crippen LogP contribution in [0.15, 0.2) is 0 Å². The van der Waals surface area contributed by atoms with Gasteiger partial charge in [0, 0.05) is 26.2 Å². The minimum atomic E-state index is 0.813. The van der Waals surface area contributed by atoms with Gasteiger partial charge in [-0.1, -0.05) is 18.5 Å². The number of halogens is 1. The van der Waals surface area contributed by atoms with Gasteiger partial charge in [0.1, 0.15) is 0 Å². The van der Waals surface area contributed by atoms with Crippen molar-refractivity contribution in [3.63, 3.8) is 0 Å². The van der Waals surface area contributed by atoms with Crippen LogP contribution in [-0.2, 0) is 19.5 Å². The van der Waals surface area contributed by atoms with E-state index >= 15 is 0 Å². The van der Waals surface area contributed by atoms with Gasteiger partial charge < -0.3 is 10.2 Å². The van der Waals surface area contributed by atoms with Crippen LogP contribution in [0.5, 0.6) is 0 Å². The van der Waals surface area contributed by atoms with E-state index in [1.807, 2.05) is 4.68 Å². The topological polar surface area (TPSA) is 33.1 Å². The zero-order valence-electron chi connectivity index (χ0n) is 12.1. The van der Waals surface area contributed by atoms with Gasteiger partial charge in [-0.25, -0.2) is 0 Å². The van der Waals surface area contributed by atoms with Crippen molar-refractivity contribution in [2.75, 3.05) is 26.2 Å². The molecule has 1 fully saturated rings.